The van der Waals surface area contributed by atoms with Gasteiger partial charge in [-0.1, -0.05) is 0 Å². The minimum absolute atomic E-state index is 0.0220. The van der Waals surface area contributed by atoms with Gasteiger partial charge < -0.3 is 9.84 Å². The van der Waals surface area contributed by atoms with Gasteiger partial charge in [-0.15, -0.1) is 0 Å². The Bertz CT molecular complexity index is 473. The maximum absolute atomic E-state index is 8.70. The van der Waals surface area contributed by atoms with Crippen molar-refractivity contribution in [2.24, 2.45) is 0 Å². The highest BCUT2D eigenvalue weighted by atomic mass is 127. The quantitative estimate of drug-likeness (QED) is 0.883. The summed E-state index contributed by atoms with van der Waals surface area (Å²) in [5, 5.41) is 9.68. The number of fused-ring (bicyclic) bond motifs is 1. The summed E-state index contributed by atoms with van der Waals surface area (Å²) in [6, 6.07) is 7.81. The van der Waals surface area contributed by atoms with Gasteiger partial charge in [-0.05, 0) is 46.9 Å². The van der Waals surface area contributed by atoms with E-state index in [4.69, 9.17) is 9.84 Å². The highest BCUT2D eigenvalue weighted by Crippen LogP contribution is 2.24. The smallest absolute Gasteiger partial charge is 0.130 e. The second-order valence-electron chi connectivity index (χ2n) is 3.04. The summed E-state index contributed by atoms with van der Waals surface area (Å²) in [4.78, 5) is 4.26. The summed E-state index contributed by atoms with van der Waals surface area (Å²) in [5.41, 5.74) is 0.914. The van der Waals surface area contributed by atoms with Gasteiger partial charge in [-0.2, -0.15) is 0 Å². The molecule has 2 aromatic rings. The standard InChI is InChI=1S/C11H10INO2/c12-8-1-2-9-10(7-8)13-4-3-11(9)15-6-5-14/h1-4,7,14H,5-6H2. The summed E-state index contributed by atoms with van der Waals surface area (Å²) >= 11 is 2.25. The van der Waals surface area contributed by atoms with Crippen LogP contribution in [0.25, 0.3) is 10.9 Å². The van der Waals surface area contributed by atoms with E-state index >= 15 is 0 Å². The molecule has 0 amide bonds. The van der Waals surface area contributed by atoms with Crippen LogP contribution in [0.4, 0.5) is 0 Å². The van der Waals surface area contributed by atoms with Crippen molar-refractivity contribution < 1.29 is 9.84 Å². The molecule has 0 saturated carbocycles. The van der Waals surface area contributed by atoms with E-state index in [0.29, 0.717) is 6.61 Å². The van der Waals surface area contributed by atoms with Crippen molar-refractivity contribution in [3.63, 3.8) is 0 Å². The molecule has 1 heterocycles. The van der Waals surface area contributed by atoms with Crippen LogP contribution in [0.5, 0.6) is 5.75 Å². The molecule has 0 aliphatic rings. The fourth-order valence-electron chi connectivity index (χ4n) is 1.38. The van der Waals surface area contributed by atoms with Gasteiger partial charge in [0.05, 0.1) is 12.1 Å². The Morgan fingerprint density at radius 2 is 2.20 bits per heavy atom. The molecule has 0 spiro atoms. The lowest BCUT2D eigenvalue weighted by Crippen LogP contribution is -2.02. The molecule has 3 nitrogen and oxygen atoms in total. The summed E-state index contributed by atoms with van der Waals surface area (Å²) < 4.78 is 6.56. The van der Waals surface area contributed by atoms with E-state index in [2.05, 4.69) is 27.6 Å². The summed E-state index contributed by atoms with van der Waals surface area (Å²) in [5.74, 6) is 0.769. The van der Waals surface area contributed by atoms with Crippen molar-refractivity contribution in [3.8, 4) is 5.75 Å². The van der Waals surface area contributed by atoms with Gasteiger partial charge in [0.15, 0.2) is 0 Å². The summed E-state index contributed by atoms with van der Waals surface area (Å²) in [6.45, 7) is 0.333. The van der Waals surface area contributed by atoms with Gasteiger partial charge in [-0.25, -0.2) is 0 Å². The second-order valence-corrected chi connectivity index (χ2v) is 4.29. The fraction of sp³-hybridized carbons (Fsp3) is 0.182. The van der Waals surface area contributed by atoms with Crippen molar-refractivity contribution in [1.82, 2.24) is 4.98 Å². The first-order valence-corrected chi connectivity index (χ1v) is 5.67. The van der Waals surface area contributed by atoms with Gasteiger partial charge in [0.25, 0.3) is 0 Å². The summed E-state index contributed by atoms with van der Waals surface area (Å²) in [7, 11) is 0. The first-order valence-electron chi connectivity index (χ1n) is 4.59. The van der Waals surface area contributed by atoms with Gasteiger partial charge in [0.1, 0.15) is 12.4 Å². The molecule has 2 rings (SSSR count). The number of ether oxygens (including phenoxy) is 1. The van der Waals surface area contributed by atoms with E-state index in [-0.39, 0.29) is 6.61 Å². The fourth-order valence-corrected chi connectivity index (χ4v) is 1.85. The number of hydrogen-bond acceptors (Lipinski definition) is 3. The molecule has 1 N–H and O–H groups in total. The molecular weight excluding hydrogens is 305 g/mol. The topological polar surface area (TPSA) is 42.4 Å². The average Bonchev–Trinajstić information content (AvgIpc) is 2.25. The van der Waals surface area contributed by atoms with Crippen molar-refractivity contribution >= 4 is 33.5 Å². The molecule has 0 radical (unpaired) electrons. The lowest BCUT2D eigenvalue weighted by atomic mass is 10.2. The Morgan fingerprint density at radius 1 is 1.33 bits per heavy atom. The molecule has 0 atom stereocenters. The normalized spacial score (nSPS) is 10.5. The van der Waals surface area contributed by atoms with Crippen LogP contribution in [-0.2, 0) is 0 Å². The van der Waals surface area contributed by atoms with E-state index in [1.54, 1.807) is 6.20 Å². The minimum atomic E-state index is 0.0220. The van der Waals surface area contributed by atoms with Crippen molar-refractivity contribution in [1.29, 1.82) is 0 Å². The van der Waals surface area contributed by atoms with Gasteiger partial charge in [-0.3, -0.25) is 4.98 Å². The Kier molecular flexibility index (Phi) is 3.37. The average molecular weight is 315 g/mol. The van der Waals surface area contributed by atoms with Gasteiger partial charge in [0, 0.05) is 15.2 Å². The molecule has 0 saturated heterocycles. The number of rotatable bonds is 3. The number of aliphatic hydroxyl groups excluding tert-OH is 1. The third kappa shape index (κ3) is 2.38. The van der Waals surface area contributed by atoms with E-state index in [1.165, 1.54) is 0 Å². The number of halogens is 1. The number of aromatic nitrogens is 1. The number of hydrogen-bond donors (Lipinski definition) is 1. The molecule has 0 unspecified atom stereocenters. The van der Waals surface area contributed by atoms with Crippen molar-refractivity contribution in [2.75, 3.05) is 13.2 Å². The Morgan fingerprint density at radius 3 is 3.00 bits per heavy atom. The molecule has 1 aromatic carbocycles. The van der Waals surface area contributed by atoms with Crippen LogP contribution < -0.4 is 4.74 Å². The van der Waals surface area contributed by atoms with Crippen molar-refractivity contribution in [2.45, 2.75) is 0 Å². The number of aliphatic hydroxyl groups is 1. The van der Waals surface area contributed by atoms with E-state index in [9.17, 15) is 0 Å². The molecule has 0 bridgehead atoms. The molecule has 0 aliphatic heterocycles. The van der Waals surface area contributed by atoms with E-state index in [1.807, 2.05) is 24.3 Å². The van der Waals surface area contributed by atoms with Gasteiger partial charge in [0.2, 0.25) is 0 Å². The first-order chi connectivity index (χ1) is 7.31. The van der Waals surface area contributed by atoms with Crippen LogP contribution in [0, 0.1) is 3.57 Å². The zero-order chi connectivity index (χ0) is 10.7. The molecule has 15 heavy (non-hydrogen) atoms. The van der Waals surface area contributed by atoms with Crippen LogP contribution >= 0.6 is 22.6 Å². The molecule has 78 valence electrons. The predicted octanol–water partition coefficient (Wildman–Crippen LogP) is 2.21. The number of nitrogens with zero attached hydrogens (tertiary/aromatic N) is 1. The SMILES string of the molecule is OCCOc1ccnc2cc(I)ccc12. The molecule has 0 aliphatic carbocycles. The Hall–Kier alpha value is -0.880. The highest BCUT2D eigenvalue weighted by molar-refractivity contribution is 14.1. The third-order valence-corrected chi connectivity index (χ3v) is 2.68. The first kappa shape index (κ1) is 10.6. The van der Waals surface area contributed by atoms with Crippen molar-refractivity contribution in [3.05, 3.63) is 34.0 Å². The van der Waals surface area contributed by atoms with E-state index in [0.717, 1.165) is 20.2 Å². The van der Waals surface area contributed by atoms with Crippen LogP contribution in [0.1, 0.15) is 0 Å². The Labute approximate surface area is 101 Å². The zero-order valence-electron chi connectivity index (χ0n) is 7.98. The number of benzene rings is 1. The largest absolute Gasteiger partial charge is 0.490 e. The Balaban J connectivity index is 2.46. The predicted molar refractivity (Wildman–Crippen MR) is 67.0 cm³/mol. The molecular formula is C11H10INO2. The second kappa shape index (κ2) is 4.76. The van der Waals surface area contributed by atoms with Crippen LogP contribution in [0.3, 0.4) is 0 Å². The monoisotopic (exact) mass is 315 g/mol. The maximum Gasteiger partial charge on any atom is 0.130 e. The minimum Gasteiger partial charge on any atom is -0.490 e. The number of pyridine rings is 1. The highest BCUT2D eigenvalue weighted by Gasteiger charge is 2.02. The van der Waals surface area contributed by atoms with Gasteiger partial charge >= 0.3 is 0 Å². The van der Waals surface area contributed by atoms with E-state index < -0.39 is 0 Å². The lowest BCUT2D eigenvalue weighted by Gasteiger charge is -2.07. The molecule has 4 heteroatoms. The van der Waals surface area contributed by atoms with Crippen LogP contribution in [0.2, 0.25) is 0 Å². The zero-order valence-corrected chi connectivity index (χ0v) is 10.1. The van der Waals surface area contributed by atoms with Crippen LogP contribution in [0.15, 0.2) is 30.5 Å². The molecule has 0 fully saturated rings. The molecule has 1 aromatic heterocycles. The maximum atomic E-state index is 8.70. The lowest BCUT2D eigenvalue weighted by molar-refractivity contribution is 0.203. The third-order valence-electron chi connectivity index (χ3n) is 2.01. The summed E-state index contributed by atoms with van der Waals surface area (Å²) in [6.07, 6.45) is 1.71. The van der Waals surface area contributed by atoms with Crippen LogP contribution in [-0.4, -0.2) is 23.3 Å².